The molecule has 0 bridgehead atoms. The molecule has 1 aromatic heterocycles. The van der Waals surface area contributed by atoms with E-state index in [9.17, 15) is 4.79 Å². The number of hydrogen-bond acceptors (Lipinski definition) is 3. The van der Waals surface area contributed by atoms with Crippen LogP contribution in [-0.2, 0) is 6.54 Å². The molecular weight excluding hydrogens is 184 g/mol. The Hall–Kier alpha value is -0.770. The topological polar surface area (TPSA) is 34.9 Å². The van der Waals surface area contributed by atoms with Crippen LogP contribution in [0, 0.1) is 12.8 Å². The number of rotatable bonds is 3. The van der Waals surface area contributed by atoms with Gasteiger partial charge in [-0.3, -0.25) is 9.36 Å². The highest BCUT2D eigenvalue weighted by Gasteiger charge is 2.02. The van der Waals surface area contributed by atoms with Crippen LogP contribution in [0.4, 0.5) is 0 Å². The molecule has 0 N–H and O–H groups in total. The van der Waals surface area contributed by atoms with E-state index in [2.05, 4.69) is 24.5 Å². The summed E-state index contributed by atoms with van der Waals surface area (Å²) in [5.74, 6) is 1.17. The van der Waals surface area contributed by atoms with Gasteiger partial charge in [0, 0.05) is 18.3 Å². The van der Waals surface area contributed by atoms with E-state index < -0.39 is 0 Å². The first-order valence-corrected chi connectivity index (χ1v) is 4.90. The fourth-order valence-electron chi connectivity index (χ4n) is 1.05. The summed E-state index contributed by atoms with van der Waals surface area (Å²) in [5.41, 5.74) is 0.779. The van der Waals surface area contributed by atoms with Crippen LogP contribution in [0.15, 0.2) is 17.2 Å². The van der Waals surface area contributed by atoms with Gasteiger partial charge in [-0.1, -0.05) is 6.92 Å². The SMILES string of the molecule is Cc1cc(=O)n(CC(C)CS)cn1. The van der Waals surface area contributed by atoms with Crippen LogP contribution >= 0.6 is 12.6 Å². The highest BCUT2D eigenvalue weighted by atomic mass is 32.1. The van der Waals surface area contributed by atoms with Crippen molar-refractivity contribution in [3.05, 3.63) is 28.4 Å². The Bertz CT molecular complexity index is 335. The van der Waals surface area contributed by atoms with Crippen LogP contribution in [0.25, 0.3) is 0 Å². The fraction of sp³-hybridized carbons (Fsp3) is 0.556. The van der Waals surface area contributed by atoms with Gasteiger partial charge in [-0.05, 0) is 18.6 Å². The van der Waals surface area contributed by atoms with Crippen molar-refractivity contribution in [1.82, 2.24) is 9.55 Å². The highest BCUT2D eigenvalue weighted by Crippen LogP contribution is 1.99. The predicted molar refractivity (Wildman–Crippen MR) is 56.3 cm³/mol. The minimum absolute atomic E-state index is 0.0149. The molecule has 0 aliphatic rings. The van der Waals surface area contributed by atoms with Crippen LogP contribution in [0.3, 0.4) is 0 Å². The Kier molecular flexibility index (Phi) is 3.54. The van der Waals surface area contributed by atoms with Crippen molar-refractivity contribution in [3.63, 3.8) is 0 Å². The van der Waals surface area contributed by atoms with Crippen LogP contribution in [0.5, 0.6) is 0 Å². The van der Waals surface area contributed by atoms with Gasteiger partial charge in [0.15, 0.2) is 0 Å². The van der Waals surface area contributed by atoms with Gasteiger partial charge in [0.05, 0.1) is 6.33 Å². The molecule has 0 aliphatic carbocycles. The number of aryl methyl sites for hydroxylation is 1. The number of hydrogen-bond donors (Lipinski definition) is 1. The molecule has 1 atom stereocenters. The predicted octanol–water partition coefficient (Wildman–Crippen LogP) is 1.12. The van der Waals surface area contributed by atoms with Crippen molar-refractivity contribution in [2.45, 2.75) is 20.4 Å². The molecule has 0 fully saturated rings. The zero-order valence-electron chi connectivity index (χ0n) is 7.90. The van der Waals surface area contributed by atoms with E-state index in [-0.39, 0.29) is 5.56 Å². The smallest absolute Gasteiger partial charge is 0.253 e. The first-order chi connectivity index (χ1) is 6.13. The molecule has 0 aromatic carbocycles. The molecule has 0 spiro atoms. The average molecular weight is 198 g/mol. The summed E-state index contributed by atoms with van der Waals surface area (Å²) >= 11 is 4.16. The van der Waals surface area contributed by atoms with Gasteiger partial charge in [0.25, 0.3) is 5.56 Å². The summed E-state index contributed by atoms with van der Waals surface area (Å²) in [6.45, 7) is 4.56. The third-order valence-electron chi connectivity index (χ3n) is 1.84. The number of thiol groups is 1. The first kappa shape index (κ1) is 10.3. The van der Waals surface area contributed by atoms with E-state index in [0.29, 0.717) is 12.5 Å². The van der Waals surface area contributed by atoms with Crippen LogP contribution in [0.2, 0.25) is 0 Å². The fourth-order valence-corrected chi connectivity index (χ4v) is 1.16. The van der Waals surface area contributed by atoms with Crippen molar-refractivity contribution in [1.29, 1.82) is 0 Å². The maximum Gasteiger partial charge on any atom is 0.253 e. The minimum atomic E-state index is 0.0149. The van der Waals surface area contributed by atoms with Gasteiger partial charge in [-0.25, -0.2) is 4.98 Å². The third kappa shape index (κ3) is 2.88. The van der Waals surface area contributed by atoms with Crippen LogP contribution < -0.4 is 5.56 Å². The molecule has 0 radical (unpaired) electrons. The molecule has 1 unspecified atom stereocenters. The van der Waals surface area contributed by atoms with Gasteiger partial charge in [0.2, 0.25) is 0 Å². The molecule has 1 heterocycles. The maximum atomic E-state index is 11.4. The molecular formula is C9H14N2OS. The second-order valence-electron chi connectivity index (χ2n) is 3.31. The summed E-state index contributed by atoms with van der Waals surface area (Å²) in [7, 11) is 0. The summed E-state index contributed by atoms with van der Waals surface area (Å²) < 4.78 is 1.62. The van der Waals surface area contributed by atoms with Gasteiger partial charge in [-0.2, -0.15) is 12.6 Å². The van der Waals surface area contributed by atoms with Crippen molar-refractivity contribution < 1.29 is 0 Å². The van der Waals surface area contributed by atoms with E-state index in [1.807, 2.05) is 6.92 Å². The van der Waals surface area contributed by atoms with E-state index in [0.717, 1.165) is 11.4 Å². The highest BCUT2D eigenvalue weighted by molar-refractivity contribution is 7.80. The van der Waals surface area contributed by atoms with Crippen LogP contribution in [-0.4, -0.2) is 15.3 Å². The monoisotopic (exact) mass is 198 g/mol. The lowest BCUT2D eigenvalue weighted by atomic mass is 10.2. The zero-order chi connectivity index (χ0) is 9.84. The van der Waals surface area contributed by atoms with E-state index >= 15 is 0 Å². The molecule has 0 saturated carbocycles. The standard InChI is InChI=1S/C9H14N2OS/c1-7(5-13)4-11-6-10-8(2)3-9(11)12/h3,6-7,13H,4-5H2,1-2H3. The first-order valence-electron chi connectivity index (χ1n) is 4.27. The molecule has 1 aromatic rings. The average Bonchev–Trinajstić information content (AvgIpc) is 2.09. The maximum absolute atomic E-state index is 11.4. The van der Waals surface area contributed by atoms with Crippen molar-refractivity contribution in [2.75, 3.05) is 5.75 Å². The molecule has 1 rings (SSSR count). The molecule has 13 heavy (non-hydrogen) atoms. The van der Waals surface area contributed by atoms with E-state index in [1.165, 1.54) is 0 Å². The molecule has 0 aliphatic heterocycles. The Morgan fingerprint density at radius 2 is 2.38 bits per heavy atom. The number of aromatic nitrogens is 2. The lowest BCUT2D eigenvalue weighted by Crippen LogP contribution is -2.23. The quantitative estimate of drug-likeness (QED) is 0.739. The summed E-state index contributed by atoms with van der Waals surface area (Å²) in [6.07, 6.45) is 1.59. The Morgan fingerprint density at radius 1 is 1.69 bits per heavy atom. The Morgan fingerprint density at radius 3 is 2.92 bits per heavy atom. The Balaban J connectivity index is 2.84. The third-order valence-corrected chi connectivity index (χ3v) is 2.46. The summed E-state index contributed by atoms with van der Waals surface area (Å²) in [4.78, 5) is 15.5. The molecule has 0 amide bonds. The summed E-state index contributed by atoms with van der Waals surface area (Å²) in [6, 6.07) is 1.55. The van der Waals surface area contributed by atoms with Crippen molar-refractivity contribution in [2.24, 2.45) is 5.92 Å². The largest absolute Gasteiger partial charge is 0.299 e. The van der Waals surface area contributed by atoms with Gasteiger partial charge in [0.1, 0.15) is 0 Å². The molecule has 4 heteroatoms. The van der Waals surface area contributed by atoms with Crippen molar-refractivity contribution in [3.8, 4) is 0 Å². The molecule has 72 valence electrons. The molecule has 0 saturated heterocycles. The number of nitrogens with zero attached hydrogens (tertiary/aromatic N) is 2. The second-order valence-corrected chi connectivity index (χ2v) is 3.67. The second kappa shape index (κ2) is 4.46. The van der Waals surface area contributed by atoms with E-state index in [4.69, 9.17) is 0 Å². The molecule has 3 nitrogen and oxygen atoms in total. The zero-order valence-corrected chi connectivity index (χ0v) is 8.79. The Labute approximate surface area is 83.2 Å². The normalized spacial score (nSPS) is 12.8. The minimum Gasteiger partial charge on any atom is -0.299 e. The lowest BCUT2D eigenvalue weighted by molar-refractivity contribution is 0.512. The van der Waals surface area contributed by atoms with Crippen LogP contribution in [0.1, 0.15) is 12.6 Å². The van der Waals surface area contributed by atoms with Crippen molar-refractivity contribution >= 4 is 12.6 Å². The van der Waals surface area contributed by atoms with Gasteiger partial charge < -0.3 is 0 Å². The lowest BCUT2D eigenvalue weighted by Gasteiger charge is -2.09. The van der Waals surface area contributed by atoms with E-state index in [1.54, 1.807) is 17.0 Å². The summed E-state index contributed by atoms with van der Waals surface area (Å²) in [5, 5.41) is 0. The van der Waals surface area contributed by atoms with Gasteiger partial charge >= 0.3 is 0 Å². The van der Waals surface area contributed by atoms with Gasteiger partial charge in [-0.15, -0.1) is 0 Å².